The number of rotatable bonds is 4. The minimum Gasteiger partial charge on any atom is -0.385 e. The molecule has 2 nitrogen and oxygen atoms in total. The normalized spacial score (nSPS) is 20.7. The highest BCUT2D eigenvalue weighted by Crippen LogP contribution is 2.35. The summed E-state index contributed by atoms with van der Waals surface area (Å²) in [4.78, 5) is 0. The largest absolute Gasteiger partial charge is 0.385 e. The Morgan fingerprint density at radius 2 is 2.17 bits per heavy atom. The first-order valence-electron chi connectivity index (χ1n) is 7.43. The first kappa shape index (κ1) is 12.0. The lowest BCUT2D eigenvalue weighted by atomic mass is 9.74. The molecule has 2 aliphatic rings. The van der Waals surface area contributed by atoms with Crippen LogP contribution in [0.2, 0.25) is 0 Å². The summed E-state index contributed by atoms with van der Waals surface area (Å²) in [7, 11) is 0. The summed E-state index contributed by atoms with van der Waals surface area (Å²) >= 11 is 0. The number of nitrogens with one attached hydrogen (secondary N) is 2. The predicted molar refractivity (Wildman–Crippen MR) is 77.0 cm³/mol. The van der Waals surface area contributed by atoms with Crippen molar-refractivity contribution in [3.8, 4) is 0 Å². The summed E-state index contributed by atoms with van der Waals surface area (Å²) in [5.41, 5.74) is 4.85. The van der Waals surface area contributed by atoms with Crippen LogP contribution in [0, 0.1) is 0 Å². The van der Waals surface area contributed by atoms with Gasteiger partial charge in [-0.1, -0.05) is 19.1 Å². The lowest BCUT2D eigenvalue weighted by Crippen LogP contribution is -2.50. The topological polar surface area (TPSA) is 24.1 Å². The molecule has 1 heterocycles. The molecule has 2 heteroatoms. The van der Waals surface area contributed by atoms with Crippen LogP contribution in [-0.2, 0) is 13.0 Å². The van der Waals surface area contributed by atoms with Crippen molar-refractivity contribution < 1.29 is 0 Å². The van der Waals surface area contributed by atoms with E-state index in [4.69, 9.17) is 0 Å². The van der Waals surface area contributed by atoms with E-state index in [1.165, 1.54) is 49.8 Å². The van der Waals surface area contributed by atoms with Crippen molar-refractivity contribution in [2.24, 2.45) is 0 Å². The molecule has 1 aromatic rings. The van der Waals surface area contributed by atoms with Gasteiger partial charge < -0.3 is 10.6 Å². The van der Waals surface area contributed by atoms with Crippen LogP contribution < -0.4 is 10.6 Å². The lowest BCUT2D eigenvalue weighted by Gasteiger charge is -2.42. The van der Waals surface area contributed by atoms with Crippen LogP contribution in [0.5, 0.6) is 0 Å². The van der Waals surface area contributed by atoms with Crippen LogP contribution in [0.15, 0.2) is 18.2 Å². The first-order chi connectivity index (χ1) is 8.83. The van der Waals surface area contributed by atoms with E-state index in [1.807, 2.05) is 0 Å². The van der Waals surface area contributed by atoms with Gasteiger partial charge in [-0.05, 0) is 55.7 Å². The molecule has 0 spiro atoms. The molecule has 0 radical (unpaired) electrons. The Kier molecular flexibility index (Phi) is 3.29. The number of fused-ring (bicyclic) bond motifs is 1. The van der Waals surface area contributed by atoms with Gasteiger partial charge in [-0.3, -0.25) is 0 Å². The molecule has 1 saturated carbocycles. The number of hydrogen-bond acceptors (Lipinski definition) is 2. The van der Waals surface area contributed by atoms with Crippen LogP contribution in [0.4, 0.5) is 5.69 Å². The van der Waals surface area contributed by atoms with Gasteiger partial charge >= 0.3 is 0 Å². The molecule has 1 aliphatic carbocycles. The van der Waals surface area contributed by atoms with Gasteiger partial charge in [0.1, 0.15) is 0 Å². The van der Waals surface area contributed by atoms with Crippen molar-refractivity contribution >= 4 is 5.69 Å². The van der Waals surface area contributed by atoms with Gasteiger partial charge in [0, 0.05) is 24.3 Å². The van der Waals surface area contributed by atoms with Crippen molar-refractivity contribution in [2.45, 2.75) is 57.5 Å². The van der Waals surface area contributed by atoms with E-state index in [2.05, 4.69) is 35.8 Å². The predicted octanol–water partition coefficient (Wildman–Crippen LogP) is 3.47. The van der Waals surface area contributed by atoms with E-state index in [-0.39, 0.29) is 0 Å². The summed E-state index contributed by atoms with van der Waals surface area (Å²) in [6.07, 6.45) is 7.88. The molecule has 18 heavy (non-hydrogen) atoms. The van der Waals surface area contributed by atoms with Crippen LogP contribution in [0.3, 0.4) is 0 Å². The maximum Gasteiger partial charge on any atom is 0.0375 e. The number of hydrogen-bond donors (Lipinski definition) is 2. The molecule has 3 rings (SSSR count). The van der Waals surface area contributed by atoms with Gasteiger partial charge in [-0.15, -0.1) is 0 Å². The van der Waals surface area contributed by atoms with E-state index >= 15 is 0 Å². The Labute approximate surface area is 110 Å². The quantitative estimate of drug-likeness (QED) is 0.847. The van der Waals surface area contributed by atoms with Crippen LogP contribution in [0.1, 0.15) is 50.2 Å². The summed E-state index contributed by atoms with van der Waals surface area (Å²) in [5.74, 6) is 0. The highest BCUT2D eigenvalue weighted by Gasteiger charge is 2.34. The van der Waals surface area contributed by atoms with E-state index in [0.717, 1.165) is 13.1 Å². The fourth-order valence-corrected chi connectivity index (χ4v) is 3.29. The van der Waals surface area contributed by atoms with E-state index < -0.39 is 0 Å². The summed E-state index contributed by atoms with van der Waals surface area (Å²) < 4.78 is 0. The van der Waals surface area contributed by atoms with Gasteiger partial charge in [0.25, 0.3) is 0 Å². The second kappa shape index (κ2) is 4.93. The maximum atomic E-state index is 3.82. The van der Waals surface area contributed by atoms with Crippen molar-refractivity contribution in [3.63, 3.8) is 0 Å². The van der Waals surface area contributed by atoms with Gasteiger partial charge in [0.05, 0.1) is 0 Å². The van der Waals surface area contributed by atoms with Crippen molar-refractivity contribution in [1.29, 1.82) is 0 Å². The zero-order valence-corrected chi connectivity index (χ0v) is 11.4. The molecule has 1 fully saturated rings. The minimum absolute atomic E-state index is 0.449. The van der Waals surface area contributed by atoms with Gasteiger partial charge in [-0.25, -0.2) is 0 Å². The summed E-state index contributed by atoms with van der Waals surface area (Å²) in [6.45, 7) is 4.48. The van der Waals surface area contributed by atoms with E-state index in [1.54, 1.807) is 5.56 Å². The Hall–Kier alpha value is -1.02. The monoisotopic (exact) mass is 244 g/mol. The third-order valence-electron chi connectivity index (χ3n) is 4.83. The molecule has 2 N–H and O–H groups in total. The molecule has 1 aliphatic heterocycles. The number of benzene rings is 1. The lowest BCUT2D eigenvalue weighted by molar-refractivity contribution is 0.175. The zero-order chi connectivity index (χ0) is 12.4. The molecular formula is C16H24N2. The molecule has 0 amide bonds. The molecular weight excluding hydrogens is 220 g/mol. The molecule has 0 aromatic heterocycles. The Morgan fingerprint density at radius 3 is 2.89 bits per heavy atom. The maximum absolute atomic E-state index is 3.82. The van der Waals surface area contributed by atoms with Gasteiger partial charge in [0.2, 0.25) is 0 Å². The SMILES string of the molecule is CCC1(NCc2cccc3c2CCCN3)CCC1. The fourth-order valence-electron chi connectivity index (χ4n) is 3.29. The van der Waals surface area contributed by atoms with Crippen LogP contribution >= 0.6 is 0 Å². The highest BCUT2D eigenvalue weighted by atomic mass is 15.0. The Morgan fingerprint density at radius 1 is 1.28 bits per heavy atom. The molecule has 1 aromatic carbocycles. The van der Waals surface area contributed by atoms with E-state index in [9.17, 15) is 0 Å². The Bertz CT molecular complexity index is 416. The second-order valence-electron chi connectivity index (χ2n) is 5.81. The zero-order valence-electron chi connectivity index (χ0n) is 11.4. The molecule has 0 saturated heterocycles. The standard InChI is InChI=1S/C16H24N2/c1-2-16(9-5-10-16)18-12-13-6-3-8-15-14(13)7-4-11-17-15/h3,6,8,17-18H,2,4-5,7,9-12H2,1H3. The third kappa shape index (κ3) is 2.14. The molecule has 0 unspecified atom stereocenters. The smallest absolute Gasteiger partial charge is 0.0375 e. The van der Waals surface area contributed by atoms with Crippen molar-refractivity contribution in [3.05, 3.63) is 29.3 Å². The summed E-state index contributed by atoms with van der Waals surface area (Å²) in [6, 6.07) is 6.70. The molecule has 0 bridgehead atoms. The van der Waals surface area contributed by atoms with E-state index in [0.29, 0.717) is 5.54 Å². The molecule has 98 valence electrons. The first-order valence-corrected chi connectivity index (χ1v) is 7.43. The number of anilines is 1. The Balaban J connectivity index is 1.72. The average Bonchev–Trinajstić information content (AvgIpc) is 2.38. The highest BCUT2D eigenvalue weighted by molar-refractivity contribution is 5.56. The van der Waals surface area contributed by atoms with Crippen molar-refractivity contribution in [2.75, 3.05) is 11.9 Å². The van der Waals surface area contributed by atoms with Crippen LogP contribution in [-0.4, -0.2) is 12.1 Å². The minimum atomic E-state index is 0.449. The van der Waals surface area contributed by atoms with Crippen molar-refractivity contribution in [1.82, 2.24) is 5.32 Å². The third-order valence-corrected chi connectivity index (χ3v) is 4.83. The molecule has 0 atom stereocenters. The van der Waals surface area contributed by atoms with Crippen LogP contribution in [0.25, 0.3) is 0 Å². The second-order valence-corrected chi connectivity index (χ2v) is 5.81. The van der Waals surface area contributed by atoms with Gasteiger partial charge in [0.15, 0.2) is 0 Å². The van der Waals surface area contributed by atoms with Gasteiger partial charge in [-0.2, -0.15) is 0 Å². The fraction of sp³-hybridized carbons (Fsp3) is 0.625. The average molecular weight is 244 g/mol. The summed E-state index contributed by atoms with van der Waals surface area (Å²) in [5, 5.41) is 7.34.